The van der Waals surface area contributed by atoms with E-state index in [2.05, 4.69) is 13.8 Å². The highest BCUT2D eigenvalue weighted by molar-refractivity contribution is 5.85. The van der Waals surface area contributed by atoms with Crippen LogP contribution in [0.5, 0.6) is 0 Å². The summed E-state index contributed by atoms with van der Waals surface area (Å²) in [6, 6.07) is 0. The first-order valence-electron chi connectivity index (χ1n) is 4.93. The highest BCUT2D eigenvalue weighted by Crippen LogP contribution is 2.27. The second-order valence-corrected chi connectivity index (χ2v) is 4.66. The summed E-state index contributed by atoms with van der Waals surface area (Å²) < 4.78 is 5.29. The maximum Gasteiger partial charge on any atom is 0.164 e. The van der Waals surface area contributed by atoms with Crippen LogP contribution in [0.1, 0.15) is 41.5 Å². The molecule has 0 radical (unpaired) electrons. The Hall–Kier alpha value is -0.370. The van der Waals surface area contributed by atoms with Gasteiger partial charge in [-0.15, -0.1) is 0 Å². The molecular formula is C11H22O2. The lowest BCUT2D eigenvalue weighted by Gasteiger charge is -2.27. The van der Waals surface area contributed by atoms with Gasteiger partial charge >= 0.3 is 0 Å². The number of ketones is 1. The highest BCUT2D eigenvalue weighted by atomic mass is 16.5. The highest BCUT2D eigenvalue weighted by Gasteiger charge is 2.30. The molecule has 2 nitrogen and oxygen atoms in total. The minimum Gasteiger partial charge on any atom is -0.371 e. The van der Waals surface area contributed by atoms with E-state index in [-0.39, 0.29) is 23.9 Å². The molecular weight excluding hydrogens is 164 g/mol. The van der Waals surface area contributed by atoms with E-state index >= 15 is 0 Å². The molecule has 0 fully saturated rings. The first kappa shape index (κ1) is 12.6. The summed E-state index contributed by atoms with van der Waals surface area (Å²) in [5, 5.41) is 0. The number of hydrogen-bond donors (Lipinski definition) is 0. The Kier molecular flexibility index (Phi) is 4.62. The Morgan fingerprint density at radius 3 is 2.00 bits per heavy atom. The molecule has 0 aromatic carbocycles. The van der Waals surface area contributed by atoms with Crippen LogP contribution in [0.3, 0.4) is 0 Å². The molecule has 0 bridgehead atoms. The van der Waals surface area contributed by atoms with Crippen LogP contribution >= 0.6 is 0 Å². The van der Waals surface area contributed by atoms with Crippen LogP contribution in [-0.4, -0.2) is 18.5 Å². The zero-order valence-electron chi connectivity index (χ0n) is 9.68. The van der Waals surface area contributed by atoms with Gasteiger partial charge in [0.15, 0.2) is 5.78 Å². The van der Waals surface area contributed by atoms with E-state index in [1.54, 1.807) is 0 Å². The van der Waals surface area contributed by atoms with Crippen LogP contribution in [0, 0.1) is 11.3 Å². The van der Waals surface area contributed by atoms with Gasteiger partial charge in [-0.3, -0.25) is 4.79 Å². The predicted octanol–water partition coefficient (Wildman–Crippen LogP) is 2.66. The maximum absolute atomic E-state index is 11.7. The van der Waals surface area contributed by atoms with E-state index in [9.17, 15) is 4.79 Å². The second-order valence-electron chi connectivity index (χ2n) is 4.66. The lowest BCUT2D eigenvalue weighted by atomic mass is 9.78. The molecule has 0 saturated heterocycles. The summed E-state index contributed by atoms with van der Waals surface area (Å²) in [6.45, 7) is 12.2. The summed E-state index contributed by atoms with van der Waals surface area (Å²) in [7, 11) is 0. The molecule has 0 saturated carbocycles. The van der Waals surface area contributed by atoms with Crippen LogP contribution in [-0.2, 0) is 9.53 Å². The summed E-state index contributed by atoms with van der Waals surface area (Å²) in [5.74, 6) is 0.548. The lowest BCUT2D eigenvalue weighted by Crippen LogP contribution is -2.33. The van der Waals surface area contributed by atoms with Crippen molar-refractivity contribution in [2.45, 2.75) is 47.6 Å². The van der Waals surface area contributed by atoms with Crippen molar-refractivity contribution in [3.8, 4) is 0 Å². The van der Waals surface area contributed by atoms with Crippen LogP contribution in [0.15, 0.2) is 0 Å². The van der Waals surface area contributed by atoms with Gasteiger partial charge in [0.2, 0.25) is 0 Å². The quantitative estimate of drug-likeness (QED) is 0.660. The first-order chi connectivity index (χ1) is 5.78. The number of hydrogen-bond acceptors (Lipinski definition) is 2. The predicted molar refractivity (Wildman–Crippen MR) is 54.7 cm³/mol. The number of carbonyl (C=O) groups is 1. The van der Waals surface area contributed by atoms with Gasteiger partial charge < -0.3 is 4.74 Å². The average molecular weight is 186 g/mol. The Balaban J connectivity index is 4.10. The molecule has 13 heavy (non-hydrogen) atoms. The molecule has 0 rings (SSSR count). The van der Waals surface area contributed by atoms with Crippen molar-refractivity contribution in [2.24, 2.45) is 11.3 Å². The molecule has 0 N–H and O–H groups in total. The van der Waals surface area contributed by atoms with Crippen LogP contribution < -0.4 is 0 Å². The van der Waals surface area contributed by atoms with Crippen molar-refractivity contribution in [1.29, 1.82) is 0 Å². The van der Waals surface area contributed by atoms with E-state index in [1.165, 1.54) is 0 Å². The van der Waals surface area contributed by atoms with E-state index in [0.717, 1.165) is 0 Å². The third kappa shape index (κ3) is 3.90. The summed E-state index contributed by atoms with van der Waals surface area (Å²) in [6.07, 6.45) is 0.131. The van der Waals surface area contributed by atoms with Crippen molar-refractivity contribution < 1.29 is 9.53 Å². The number of rotatable bonds is 5. The van der Waals surface area contributed by atoms with Crippen molar-refractivity contribution >= 4 is 5.78 Å². The number of Topliss-reactive ketones (excluding diaryl/α,β-unsaturated/α-hetero) is 1. The van der Waals surface area contributed by atoms with Crippen molar-refractivity contribution in [3.05, 3.63) is 0 Å². The topological polar surface area (TPSA) is 26.3 Å². The normalized spacial score (nSPS) is 12.6. The average Bonchev–Trinajstić information content (AvgIpc) is 1.99. The smallest absolute Gasteiger partial charge is 0.164 e. The number of carbonyl (C=O) groups excluding carboxylic acids is 1. The minimum absolute atomic E-state index is 0.131. The third-order valence-electron chi connectivity index (χ3n) is 2.71. The molecule has 0 aromatic rings. The Morgan fingerprint density at radius 2 is 1.69 bits per heavy atom. The molecule has 0 unspecified atom stereocenters. The largest absolute Gasteiger partial charge is 0.371 e. The molecule has 0 aliphatic rings. The molecule has 0 aliphatic carbocycles. The Labute approximate surface area is 81.7 Å². The van der Waals surface area contributed by atoms with Gasteiger partial charge in [0.25, 0.3) is 0 Å². The fraction of sp³-hybridized carbons (Fsp3) is 0.909. The molecule has 0 atom stereocenters. The van der Waals surface area contributed by atoms with E-state index < -0.39 is 0 Å². The standard InChI is InChI=1S/C11H22O2/c1-8(2)11(5,6)10(12)7-13-9(3)4/h8-9H,7H2,1-6H3. The SMILES string of the molecule is CC(C)OCC(=O)C(C)(C)C(C)C. The molecule has 0 spiro atoms. The fourth-order valence-corrected chi connectivity index (χ4v) is 0.750. The zero-order valence-corrected chi connectivity index (χ0v) is 9.68. The summed E-state index contributed by atoms with van der Waals surface area (Å²) >= 11 is 0. The summed E-state index contributed by atoms with van der Waals surface area (Å²) in [4.78, 5) is 11.7. The molecule has 0 aliphatic heterocycles. The molecule has 0 aromatic heterocycles. The lowest BCUT2D eigenvalue weighted by molar-refractivity contribution is -0.135. The van der Waals surface area contributed by atoms with Crippen molar-refractivity contribution in [3.63, 3.8) is 0 Å². The molecule has 78 valence electrons. The van der Waals surface area contributed by atoms with Gasteiger partial charge in [0.1, 0.15) is 6.61 Å². The van der Waals surface area contributed by atoms with E-state index in [0.29, 0.717) is 5.92 Å². The van der Waals surface area contributed by atoms with Gasteiger partial charge in [0.05, 0.1) is 6.10 Å². The minimum atomic E-state index is -0.269. The number of ether oxygens (including phenoxy) is 1. The van der Waals surface area contributed by atoms with Gasteiger partial charge in [-0.05, 0) is 19.8 Å². The monoisotopic (exact) mass is 186 g/mol. The van der Waals surface area contributed by atoms with E-state index in [1.807, 2.05) is 27.7 Å². The van der Waals surface area contributed by atoms with Crippen molar-refractivity contribution in [2.75, 3.05) is 6.61 Å². The van der Waals surface area contributed by atoms with Crippen molar-refractivity contribution in [1.82, 2.24) is 0 Å². The molecule has 0 amide bonds. The Morgan fingerprint density at radius 1 is 1.23 bits per heavy atom. The summed E-state index contributed by atoms with van der Waals surface area (Å²) in [5.41, 5.74) is -0.269. The maximum atomic E-state index is 11.7. The van der Waals surface area contributed by atoms with Crippen LogP contribution in [0.4, 0.5) is 0 Å². The fourth-order valence-electron chi connectivity index (χ4n) is 0.750. The Bertz CT molecular complexity index is 169. The van der Waals surface area contributed by atoms with Gasteiger partial charge in [-0.25, -0.2) is 0 Å². The zero-order chi connectivity index (χ0) is 10.6. The molecule has 0 heterocycles. The van der Waals surface area contributed by atoms with Gasteiger partial charge in [0, 0.05) is 5.41 Å². The second kappa shape index (κ2) is 4.75. The van der Waals surface area contributed by atoms with Gasteiger partial charge in [-0.2, -0.15) is 0 Å². The van der Waals surface area contributed by atoms with Crippen LogP contribution in [0.2, 0.25) is 0 Å². The first-order valence-corrected chi connectivity index (χ1v) is 4.93. The third-order valence-corrected chi connectivity index (χ3v) is 2.71. The molecule has 2 heteroatoms. The van der Waals surface area contributed by atoms with E-state index in [4.69, 9.17) is 4.74 Å². The van der Waals surface area contributed by atoms with Gasteiger partial charge in [-0.1, -0.05) is 27.7 Å². The van der Waals surface area contributed by atoms with Crippen LogP contribution in [0.25, 0.3) is 0 Å².